The van der Waals surface area contributed by atoms with Crippen molar-refractivity contribution in [2.75, 3.05) is 13.2 Å². The molecule has 1 rings (SSSR count). The van der Waals surface area contributed by atoms with Gasteiger partial charge in [0.15, 0.2) is 5.03 Å². The molecule has 1 unspecified atom stereocenters. The zero-order valence-corrected chi connectivity index (χ0v) is 11.6. The van der Waals surface area contributed by atoms with Crippen LogP contribution in [0.2, 0.25) is 0 Å². The number of aromatic nitrogens is 2. The molecule has 0 bridgehead atoms. The minimum atomic E-state index is -4.44. The summed E-state index contributed by atoms with van der Waals surface area (Å²) in [5, 5.41) is 6.80. The minimum absolute atomic E-state index is 0.300. The lowest BCUT2D eigenvalue weighted by Gasteiger charge is -2.14. The van der Waals surface area contributed by atoms with Crippen LogP contribution in [-0.4, -0.2) is 44.0 Å². The van der Waals surface area contributed by atoms with E-state index in [0.717, 1.165) is 0 Å². The molecule has 20 heavy (non-hydrogen) atoms. The Morgan fingerprint density at radius 2 is 2.00 bits per heavy atom. The number of hydrogen-bond donors (Lipinski definition) is 1. The smallest absolute Gasteiger partial charge is 0.370 e. The monoisotopic (exact) mass is 313 g/mol. The second kappa shape index (κ2) is 6.46. The van der Waals surface area contributed by atoms with Gasteiger partial charge in [-0.2, -0.15) is 18.3 Å². The second-order valence-electron chi connectivity index (χ2n) is 4.17. The Morgan fingerprint density at radius 3 is 2.50 bits per heavy atom. The van der Waals surface area contributed by atoms with Gasteiger partial charge in [-0.1, -0.05) is 0 Å². The van der Waals surface area contributed by atoms with Crippen LogP contribution in [0.25, 0.3) is 0 Å². The maximum Gasteiger partial charge on any atom is 0.411 e. The van der Waals surface area contributed by atoms with Crippen molar-refractivity contribution >= 4 is 10.0 Å². The summed E-state index contributed by atoms with van der Waals surface area (Å²) in [6.45, 7) is 1.20. The van der Waals surface area contributed by atoms with E-state index in [4.69, 9.17) is 0 Å². The molecule has 0 aromatic carbocycles. The first kappa shape index (κ1) is 16.8. The standard InChI is InChI=1S/C10H14F3N3O3S/c1-7-3-4-9(15-14-7)20(17,18)16-8(2)5-19-6-10(11,12)13/h3-4,8,16H,5-6H2,1-2H3. The number of nitrogens with one attached hydrogen (secondary N) is 1. The summed E-state index contributed by atoms with van der Waals surface area (Å²) in [6.07, 6.45) is -4.44. The van der Waals surface area contributed by atoms with Gasteiger partial charge in [0.1, 0.15) is 6.61 Å². The van der Waals surface area contributed by atoms with Gasteiger partial charge >= 0.3 is 6.18 Å². The summed E-state index contributed by atoms with van der Waals surface area (Å²) in [5.41, 5.74) is 0.547. The molecule has 0 aliphatic carbocycles. The number of aryl methyl sites for hydroxylation is 1. The van der Waals surface area contributed by atoms with E-state index in [9.17, 15) is 21.6 Å². The molecule has 0 fully saturated rings. The van der Waals surface area contributed by atoms with E-state index in [1.165, 1.54) is 19.1 Å². The van der Waals surface area contributed by atoms with Crippen molar-refractivity contribution in [1.82, 2.24) is 14.9 Å². The van der Waals surface area contributed by atoms with Crippen molar-refractivity contribution in [3.63, 3.8) is 0 Å². The van der Waals surface area contributed by atoms with Gasteiger partial charge in [0, 0.05) is 6.04 Å². The number of alkyl halides is 3. The number of hydrogen-bond acceptors (Lipinski definition) is 5. The van der Waals surface area contributed by atoms with Crippen LogP contribution in [0, 0.1) is 6.92 Å². The highest BCUT2D eigenvalue weighted by molar-refractivity contribution is 7.89. The van der Waals surface area contributed by atoms with Crippen molar-refractivity contribution in [3.8, 4) is 0 Å². The van der Waals surface area contributed by atoms with Crippen LogP contribution >= 0.6 is 0 Å². The summed E-state index contributed by atoms with van der Waals surface area (Å²) in [5.74, 6) is 0. The average molecular weight is 313 g/mol. The van der Waals surface area contributed by atoms with Crippen molar-refractivity contribution < 1.29 is 26.3 Å². The largest absolute Gasteiger partial charge is 0.411 e. The van der Waals surface area contributed by atoms with E-state index < -0.39 is 35.5 Å². The Balaban J connectivity index is 2.56. The Morgan fingerprint density at radius 1 is 1.35 bits per heavy atom. The Labute approximate surface area is 114 Å². The number of sulfonamides is 1. The van der Waals surface area contributed by atoms with Gasteiger partial charge in [-0.15, -0.1) is 5.10 Å². The van der Waals surface area contributed by atoms with Crippen LogP contribution in [0.4, 0.5) is 13.2 Å². The molecule has 0 aliphatic rings. The molecule has 0 aliphatic heterocycles. The summed E-state index contributed by atoms with van der Waals surface area (Å²) < 4.78 is 65.8. The van der Waals surface area contributed by atoms with Crippen LogP contribution < -0.4 is 4.72 Å². The van der Waals surface area contributed by atoms with E-state index in [1.54, 1.807) is 6.92 Å². The first-order valence-electron chi connectivity index (χ1n) is 5.57. The van der Waals surface area contributed by atoms with Gasteiger partial charge in [-0.3, -0.25) is 0 Å². The molecule has 1 aromatic heterocycles. The molecule has 114 valence electrons. The van der Waals surface area contributed by atoms with Gasteiger partial charge in [-0.25, -0.2) is 13.1 Å². The molecule has 10 heteroatoms. The van der Waals surface area contributed by atoms with Gasteiger partial charge in [0.25, 0.3) is 10.0 Å². The van der Waals surface area contributed by atoms with E-state index >= 15 is 0 Å². The first-order valence-corrected chi connectivity index (χ1v) is 7.05. The quantitative estimate of drug-likeness (QED) is 0.848. The molecule has 0 radical (unpaired) electrons. The molecule has 1 N–H and O–H groups in total. The summed E-state index contributed by atoms with van der Waals surface area (Å²) in [7, 11) is -3.93. The highest BCUT2D eigenvalue weighted by Gasteiger charge is 2.28. The molecule has 1 heterocycles. The van der Waals surface area contributed by atoms with Crippen molar-refractivity contribution in [2.45, 2.75) is 31.1 Å². The fraction of sp³-hybridized carbons (Fsp3) is 0.600. The van der Waals surface area contributed by atoms with Gasteiger partial charge in [0.2, 0.25) is 0 Å². The summed E-state index contributed by atoms with van der Waals surface area (Å²) >= 11 is 0. The molecule has 0 saturated heterocycles. The number of ether oxygens (including phenoxy) is 1. The van der Waals surface area contributed by atoms with E-state index in [1.807, 2.05) is 0 Å². The summed E-state index contributed by atoms with van der Waals surface area (Å²) in [6, 6.07) is 1.89. The lowest BCUT2D eigenvalue weighted by Crippen LogP contribution is -2.37. The zero-order chi connectivity index (χ0) is 15.4. The van der Waals surface area contributed by atoms with Crippen LogP contribution in [0.15, 0.2) is 17.2 Å². The molecule has 0 amide bonds. The Kier molecular flexibility index (Phi) is 5.42. The Hall–Kier alpha value is -1.26. The maximum absolute atomic E-state index is 11.9. The molecule has 0 saturated carbocycles. The van der Waals surface area contributed by atoms with Crippen molar-refractivity contribution in [1.29, 1.82) is 0 Å². The van der Waals surface area contributed by atoms with Crippen molar-refractivity contribution in [3.05, 3.63) is 17.8 Å². The highest BCUT2D eigenvalue weighted by atomic mass is 32.2. The average Bonchev–Trinajstić information content (AvgIpc) is 2.26. The topological polar surface area (TPSA) is 81.2 Å². The van der Waals surface area contributed by atoms with Gasteiger partial charge < -0.3 is 4.74 Å². The fourth-order valence-electron chi connectivity index (χ4n) is 1.24. The second-order valence-corrected chi connectivity index (χ2v) is 5.83. The molecular weight excluding hydrogens is 299 g/mol. The SMILES string of the molecule is Cc1ccc(S(=O)(=O)NC(C)COCC(F)(F)F)nn1. The molecule has 1 aromatic rings. The van der Waals surface area contributed by atoms with Crippen LogP contribution in [0.5, 0.6) is 0 Å². The van der Waals surface area contributed by atoms with Gasteiger partial charge in [0.05, 0.1) is 12.3 Å². The lowest BCUT2D eigenvalue weighted by atomic mass is 10.4. The Bertz CT molecular complexity index is 531. The van der Waals surface area contributed by atoms with E-state index in [-0.39, 0.29) is 5.03 Å². The predicted octanol–water partition coefficient (Wildman–Crippen LogP) is 1.03. The third-order valence-electron chi connectivity index (χ3n) is 2.04. The van der Waals surface area contributed by atoms with Crippen LogP contribution in [0.1, 0.15) is 12.6 Å². The molecule has 6 nitrogen and oxygen atoms in total. The normalized spacial score (nSPS) is 14.2. The van der Waals surface area contributed by atoms with Crippen LogP contribution in [0.3, 0.4) is 0 Å². The highest BCUT2D eigenvalue weighted by Crippen LogP contribution is 2.14. The zero-order valence-electron chi connectivity index (χ0n) is 10.8. The molecule has 1 atom stereocenters. The lowest BCUT2D eigenvalue weighted by molar-refractivity contribution is -0.174. The van der Waals surface area contributed by atoms with Crippen molar-refractivity contribution in [2.24, 2.45) is 0 Å². The van der Waals surface area contributed by atoms with Crippen LogP contribution in [-0.2, 0) is 14.8 Å². The van der Waals surface area contributed by atoms with Gasteiger partial charge in [-0.05, 0) is 26.0 Å². The third kappa shape index (κ3) is 5.80. The third-order valence-corrected chi connectivity index (χ3v) is 3.52. The number of nitrogens with zero attached hydrogens (tertiary/aromatic N) is 2. The van der Waals surface area contributed by atoms with E-state index in [0.29, 0.717) is 5.69 Å². The maximum atomic E-state index is 11.9. The van der Waals surface area contributed by atoms with E-state index in [2.05, 4.69) is 19.7 Å². The fourth-order valence-corrected chi connectivity index (χ4v) is 2.35. The molecular formula is C10H14F3N3O3S. The summed E-state index contributed by atoms with van der Waals surface area (Å²) in [4.78, 5) is 0. The first-order chi connectivity index (χ1) is 9.10. The number of halogens is 3. The minimum Gasteiger partial charge on any atom is -0.370 e. The predicted molar refractivity (Wildman–Crippen MR) is 63.4 cm³/mol. The number of rotatable bonds is 6. The molecule has 0 spiro atoms.